The van der Waals surface area contributed by atoms with Crippen LogP contribution < -0.4 is 21.2 Å². The number of benzene rings is 2. The largest absolute Gasteiger partial charge is 0.508 e. The molecule has 4 bridgehead atoms. The van der Waals surface area contributed by atoms with Gasteiger partial charge in [-0.1, -0.05) is 24.3 Å². The topological polar surface area (TPSA) is 190 Å². The SMILES string of the molecule is C/C=C(/C)C(=O)O[C@@H]1Cc2c3c(c4oc(CO)cc(=O)c4c2O)[C@H]2Cc4cc(O)ccc4CC[C@@H](C[C@H](Cc4cnc5c(c4)C=C[C@@H](C)N5)[C@]1(C)O3)c1c2ccnc1N. The number of nitrogen functional groups attached to an aromatic ring is 1. The van der Waals surface area contributed by atoms with Crippen molar-refractivity contribution in [2.45, 2.75) is 102 Å². The Hall–Kier alpha value is -6.14. The Morgan fingerprint density at radius 2 is 1.95 bits per heavy atom. The number of phenolic OH excluding ortho intramolecular Hbond substituents is 2. The molecule has 5 aromatic rings. The lowest BCUT2D eigenvalue weighted by Gasteiger charge is -2.49. The summed E-state index contributed by atoms with van der Waals surface area (Å²) in [7, 11) is 0. The molecule has 304 valence electrons. The van der Waals surface area contributed by atoms with E-state index in [0.717, 1.165) is 39.2 Å². The van der Waals surface area contributed by atoms with Crippen LogP contribution in [0.25, 0.3) is 17.0 Å². The van der Waals surface area contributed by atoms with Gasteiger partial charge in [-0.05, 0) is 112 Å². The number of hydrogen-bond donors (Lipinski definition) is 5. The average Bonchev–Trinajstić information content (AvgIpc) is 3.27. The van der Waals surface area contributed by atoms with Crippen molar-refractivity contribution in [1.29, 1.82) is 0 Å². The number of pyridine rings is 2. The van der Waals surface area contributed by atoms with E-state index in [1.54, 1.807) is 38.3 Å². The van der Waals surface area contributed by atoms with Crippen LogP contribution in [0.4, 0.5) is 11.6 Å². The van der Waals surface area contributed by atoms with E-state index in [1.807, 2.05) is 25.3 Å². The van der Waals surface area contributed by atoms with Gasteiger partial charge in [-0.15, -0.1) is 0 Å². The molecule has 6 heterocycles. The molecule has 0 saturated carbocycles. The first kappa shape index (κ1) is 38.4. The lowest BCUT2D eigenvalue weighted by molar-refractivity contribution is -0.165. The number of aromatic nitrogens is 2. The van der Waals surface area contributed by atoms with Gasteiger partial charge < -0.3 is 40.3 Å². The van der Waals surface area contributed by atoms with Gasteiger partial charge in [0.05, 0.1) is 0 Å². The smallest absolute Gasteiger partial charge is 0.333 e. The van der Waals surface area contributed by atoms with Crippen LogP contribution in [0, 0.1) is 5.92 Å². The molecule has 6 atom stereocenters. The van der Waals surface area contributed by atoms with Crippen LogP contribution in [-0.2, 0) is 41.8 Å². The zero-order valence-electron chi connectivity index (χ0n) is 33.5. The Balaban J connectivity index is 1.37. The minimum absolute atomic E-state index is 0.0200. The Kier molecular flexibility index (Phi) is 9.50. The number of aliphatic hydroxyl groups excluding tert-OH is 1. The molecule has 0 saturated heterocycles. The molecule has 59 heavy (non-hydrogen) atoms. The van der Waals surface area contributed by atoms with Crippen molar-refractivity contribution in [2.75, 3.05) is 11.1 Å². The van der Waals surface area contributed by atoms with E-state index in [9.17, 15) is 24.9 Å². The summed E-state index contributed by atoms with van der Waals surface area (Å²) in [6.45, 7) is 6.95. The van der Waals surface area contributed by atoms with Gasteiger partial charge in [-0.2, -0.15) is 0 Å². The molecule has 0 radical (unpaired) electrons. The predicted octanol–water partition coefficient (Wildman–Crippen LogP) is 7.13. The molecule has 4 aliphatic rings. The number of hydrogen-bond acceptors (Lipinski definition) is 12. The molecule has 0 amide bonds. The third-order valence-electron chi connectivity index (χ3n) is 13.1. The third-order valence-corrected chi connectivity index (χ3v) is 13.1. The number of nitrogens with two attached hydrogens (primary N) is 1. The maximum absolute atomic E-state index is 14.0. The lowest BCUT2D eigenvalue weighted by Crippen LogP contribution is -2.57. The van der Waals surface area contributed by atoms with E-state index < -0.39 is 35.6 Å². The second-order valence-corrected chi connectivity index (χ2v) is 16.7. The molecule has 3 aliphatic heterocycles. The Bertz CT molecular complexity index is 2670. The first-order chi connectivity index (χ1) is 28.4. The quantitative estimate of drug-likeness (QED) is 0.0895. The summed E-state index contributed by atoms with van der Waals surface area (Å²) in [5, 5.41) is 36.7. The Morgan fingerprint density at radius 3 is 2.75 bits per heavy atom. The van der Waals surface area contributed by atoms with Crippen LogP contribution in [0.2, 0.25) is 0 Å². The fraction of sp³-hybridized carbons (Fsp3) is 0.362. The second kappa shape index (κ2) is 14.6. The third kappa shape index (κ3) is 6.50. The van der Waals surface area contributed by atoms with Gasteiger partial charge in [-0.3, -0.25) is 4.79 Å². The summed E-state index contributed by atoms with van der Waals surface area (Å²) in [6, 6.07) is 10.8. The maximum atomic E-state index is 14.0. The number of anilines is 2. The van der Waals surface area contributed by atoms with Gasteiger partial charge in [0.25, 0.3) is 0 Å². The number of rotatable bonds is 5. The number of nitrogens with one attached hydrogen (secondary N) is 1. The number of aromatic hydroxyl groups is 2. The zero-order chi connectivity index (χ0) is 41.3. The van der Waals surface area contributed by atoms with Crippen molar-refractivity contribution in [2.24, 2.45) is 5.92 Å². The standard InChI is InChI=1S/C47H48N4O8/c1-5-23(2)46(56)58-37-20-35-41(55)40-36(54)19-32(22-52)57-43(40)39-34-18-29-17-31(53)11-10-26(29)8-9-27(38-33(34)12-13-49-44(38)48)16-30(47(37,4)59-42(35)39)15-25-14-28-7-6-24(3)51-45(28)50-21-25/h5-7,10-14,17,19,21,24,27,30,34,37,52-53,55H,8-9,15-16,18,20,22H2,1-4H3,(H2,48,49)(H,50,51)/b23-5-/t24-,27+,30+,34+,37-,47+/m1/s1. The first-order valence-corrected chi connectivity index (χ1v) is 20.3. The highest BCUT2D eigenvalue weighted by Gasteiger charge is 2.53. The molecule has 1 aliphatic carbocycles. The molecular formula is C47H48N4O8. The highest BCUT2D eigenvalue weighted by molar-refractivity contribution is 5.92. The minimum atomic E-state index is -1.23. The summed E-state index contributed by atoms with van der Waals surface area (Å²) in [6.07, 6.45) is 11.2. The van der Waals surface area contributed by atoms with Crippen LogP contribution >= 0.6 is 0 Å². The number of aryl methyl sites for hydroxylation is 1. The number of allylic oxidation sites excluding steroid dienone is 1. The molecule has 2 aromatic carbocycles. The number of phenols is 2. The Labute approximate surface area is 341 Å². The minimum Gasteiger partial charge on any atom is -0.508 e. The van der Waals surface area contributed by atoms with E-state index in [4.69, 9.17) is 24.6 Å². The number of fused-ring (bicyclic) bond motifs is 6. The van der Waals surface area contributed by atoms with Crippen molar-refractivity contribution in [3.8, 4) is 17.2 Å². The monoisotopic (exact) mass is 796 g/mol. The summed E-state index contributed by atoms with van der Waals surface area (Å²) < 4.78 is 20.3. The highest BCUT2D eigenvalue weighted by Crippen LogP contribution is 2.56. The van der Waals surface area contributed by atoms with Gasteiger partial charge >= 0.3 is 5.97 Å². The fourth-order valence-corrected chi connectivity index (χ4v) is 9.84. The van der Waals surface area contributed by atoms with Gasteiger partial charge in [0.15, 0.2) is 5.43 Å². The van der Waals surface area contributed by atoms with Crippen molar-refractivity contribution in [1.82, 2.24) is 9.97 Å². The highest BCUT2D eigenvalue weighted by atomic mass is 16.6. The van der Waals surface area contributed by atoms with Crippen LogP contribution in [-0.4, -0.2) is 49.0 Å². The van der Waals surface area contributed by atoms with E-state index in [1.165, 1.54) is 6.07 Å². The number of ether oxygens (including phenoxy) is 2. The molecule has 0 fully saturated rings. The van der Waals surface area contributed by atoms with Crippen molar-refractivity contribution in [3.05, 3.63) is 127 Å². The molecule has 12 heteroatoms. The molecule has 0 unspecified atom stereocenters. The number of carbonyl (C=O) groups excluding carboxylic acids is 1. The molecule has 6 N–H and O–H groups in total. The van der Waals surface area contributed by atoms with Gasteiger partial charge in [0.2, 0.25) is 0 Å². The van der Waals surface area contributed by atoms with Gasteiger partial charge in [0, 0.05) is 70.6 Å². The molecule has 3 aromatic heterocycles. The number of carbonyl (C=O) groups is 1. The predicted molar refractivity (Wildman–Crippen MR) is 224 cm³/mol. The van der Waals surface area contributed by atoms with Crippen LogP contribution in [0.1, 0.15) is 103 Å². The Morgan fingerprint density at radius 1 is 1.12 bits per heavy atom. The second-order valence-electron chi connectivity index (χ2n) is 16.7. The summed E-state index contributed by atoms with van der Waals surface area (Å²) in [5.41, 5.74) is 12.1. The summed E-state index contributed by atoms with van der Waals surface area (Å²) in [5.74, 6) is -0.359. The van der Waals surface area contributed by atoms with E-state index >= 15 is 0 Å². The van der Waals surface area contributed by atoms with Crippen molar-refractivity contribution in [3.63, 3.8) is 0 Å². The average molecular weight is 797 g/mol. The van der Waals surface area contributed by atoms with Gasteiger partial charge in [0.1, 0.15) is 63.9 Å². The maximum Gasteiger partial charge on any atom is 0.333 e. The van der Waals surface area contributed by atoms with Crippen molar-refractivity contribution >= 4 is 34.7 Å². The summed E-state index contributed by atoms with van der Waals surface area (Å²) >= 11 is 0. The normalized spacial score (nSPS) is 24.4. The number of esters is 1. The summed E-state index contributed by atoms with van der Waals surface area (Å²) in [4.78, 5) is 37.3. The van der Waals surface area contributed by atoms with Crippen LogP contribution in [0.15, 0.2) is 75.7 Å². The lowest BCUT2D eigenvalue weighted by atomic mass is 9.68. The number of aliphatic hydroxyl groups is 1. The first-order valence-electron chi connectivity index (χ1n) is 20.3. The van der Waals surface area contributed by atoms with Crippen LogP contribution in [0.3, 0.4) is 0 Å². The molecule has 12 nitrogen and oxygen atoms in total. The van der Waals surface area contributed by atoms with E-state index in [-0.39, 0.29) is 52.5 Å². The zero-order valence-corrected chi connectivity index (χ0v) is 33.5. The van der Waals surface area contributed by atoms with E-state index in [2.05, 4.69) is 35.4 Å². The fourth-order valence-electron chi connectivity index (χ4n) is 9.84. The molecule has 0 spiro atoms. The molecular weight excluding hydrogens is 749 g/mol. The van der Waals surface area contributed by atoms with E-state index in [0.29, 0.717) is 60.4 Å². The van der Waals surface area contributed by atoms with Crippen LogP contribution in [0.5, 0.6) is 17.2 Å². The van der Waals surface area contributed by atoms with Crippen molar-refractivity contribution < 1.29 is 34.0 Å². The van der Waals surface area contributed by atoms with Gasteiger partial charge in [-0.25, -0.2) is 14.8 Å². The number of nitrogens with zero attached hydrogens (tertiary/aromatic N) is 2. The molecule has 9 rings (SSSR count).